The summed E-state index contributed by atoms with van der Waals surface area (Å²) >= 11 is 0. The van der Waals surface area contributed by atoms with Crippen molar-refractivity contribution in [2.75, 3.05) is 0 Å². The molecule has 3 aromatic rings. The molecular formula is C17H15NO3. The van der Waals surface area contributed by atoms with E-state index in [1.54, 1.807) is 12.1 Å². The summed E-state index contributed by atoms with van der Waals surface area (Å²) in [7, 11) is 0. The van der Waals surface area contributed by atoms with Crippen LogP contribution in [-0.4, -0.2) is 16.1 Å². The lowest BCUT2D eigenvalue weighted by molar-refractivity contribution is 0.0699. The van der Waals surface area contributed by atoms with Gasteiger partial charge in [0.25, 0.3) is 0 Å². The number of ether oxygens (including phenoxy) is 1. The maximum atomic E-state index is 11.2. The Morgan fingerprint density at radius 2 is 2.00 bits per heavy atom. The van der Waals surface area contributed by atoms with Crippen molar-refractivity contribution in [2.24, 2.45) is 0 Å². The number of nitrogens with one attached hydrogen (secondary N) is 1. The number of H-pyrrole nitrogens is 1. The van der Waals surface area contributed by atoms with Gasteiger partial charge in [-0.05, 0) is 42.8 Å². The highest BCUT2D eigenvalue weighted by atomic mass is 16.5. The molecule has 0 radical (unpaired) electrons. The monoisotopic (exact) mass is 281 g/mol. The summed E-state index contributed by atoms with van der Waals surface area (Å²) in [5, 5.41) is 9.89. The molecule has 0 aliphatic carbocycles. The van der Waals surface area contributed by atoms with Gasteiger partial charge in [-0.1, -0.05) is 18.2 Å². The van der Waals surface area contributed by atoms with Gasteiger partial charge in [-0.3, -0.25) is 0 Å². The molecule has 3 rings (SSSR count). The van der Waals surface area contributed by atoms with Gasteiger partial charge in [0.2, 0.25) is 0 Å². The van der Waals surface area contributed by atoms with E-state index in [0.717, 1.165) is 22.5 Å². The molecule has 21 heavy (non-hydrogen) atoms. The Labute approximate surface area is 122 Å². The molecule has 4 heteroatoms. The van der Waals surface area contributed by atoms with Crippen LogP contribution in [0.15, 0.2) is 48.5 Å². The van der Waals surface area contributed by atoms with Crippen LogP contribution < -0.4 is 4.74 Å². The van der Waals surface area contributed by atoms with Crippen LogP contribution >= 0.6 is 0 Å². The number of aromatic nitrogens is 1. The minimum atomic E-state index is -0.925. The van der Waals surface area contributed by atoms with Gasteiger partial charge < -0.3 is 14.8 Å². The van der Waals surface area contributed by atoms with Crippen LogP contribution in [0.4, 0.5) is 0 Å². The van der Waals surface area contributed by atoms with E-state index in [1.807, 2.05) is 43.3 Å². The second-order valence-electron chi connectivity index (χ2n) is 4.97. The first-order chi connectivity index (χ1) is 10.1. The fraction of sp³-hybridized carbons (Fsp3) is 0.118. The van der Waals surface area contributed by atoms with Gasteiger partial charge in [-0.15, -0.1) is 0 Å². The fourth-order valence-corrected chi connectivity index (χ4v) is 2.34. The predicted octanol–water partition coefficient (Wildman–Crippen LogP) is 3.75. The van der Waals surface area contributed by atoms with Crippen molar-refractivity contribution in [1.29, 1.82) is 0 Å². The van der Waals surface area contributed by atoms with E-state index in [9.17, 15) is 9.90 Å². The maximum absolute atomic E-state index is 11.2. The third kappa shape index (κ3) is 2.74. The molecule has 0 fully saturated rings. The first-order valence-corrected chi connectivity index (χ1v) is 6.67. The van der Waals surface area contributed by atoms with Crippen molar-refractivity contribution >= 4 is 16.9 Å². The normalized spacial score (nSPS) is 10.7. The smallest absolute Gasteiger partial charge is 0.336 e. The van der Waals surface area contributed by atoms with Crippen LogP contribution in [0.25, 0.3) is 10.9 Å². The number of aromatic carboxylic acids is 1. The van der Waals surface area contributed by atoms with Crippen LogP contribution in [0.2, 0.25) is 0 Å². The number of rotatable bonds is 4. The third-order valence-corrected chi connectivity index (χ3v) is 3.33. The molecular weight excluding hydrogens is 266 g/mol. The summed E-state index contributed by atoms with van der Waals surface area (Å²) in [5.74, 6) is -0.127. The average molecular weight is 281 g/mol. The molecule has 0 aliphatic heterocycles. The lowest BCUT2D eigenvalue weighted by Crippen LogP contribution is -1.96. The van der Waals surface area contributed by atoms with E-state index < -0.39 is 5.97 Å². The maximum Gasteiger partial charge on any atom is 0.336 e. The molecule has 0 spiro atoms. The summed E-state index contributed by atoms with van der Waals surface area (Å²) in [5.41, 5.74) is 3.08. The molecule has 0 bridgehead atoms. The Kier molecular flexibility index (Phi) is 3.36. The van der Waals surface area contributed by atoms with E-state index in [0.29, 0.717) is 17.6 Å². The number of carboxylic acid groups (broad SMARTS) is 1. The molecule has 1 aromatic heterocycles. The molecule has 0 atom stereocenters. The summed E-state index contributed by atoms with van der Waals surface area (Å²) in [6, 6.07) is 14.8. The molecule has 4 nitrogen and oxygen atoms in total. The second-order valence-corrected chi connectivity index (χ2v) is 4.97. The minimum Gasteiger partial charge on any atom is -0.487 e. The van der Waals surface area contributed by atoms with Crippen molar-refractivity contribution in [1.82, 2.24) is 4.98 Å². The Bertz CT molecular complexity index is 805. The average Bonchev–Trinajstić information content (AvgIpc) is 2.87. The first-order valence-electron chi connectivity index (χ1n) is 6.67. The van der Waals surface area contributed by atoms with E-state index >= 15 is 0 Å². The molecule has 0 saturated heterocycles. The first kappa shape index (κ1) is 13.2. The highest BCUT2D eigenvalue weighted by molar-refractivity contribution is 6.03. The van der Waals surface area contributed by atoms with Gasteiger partial charge in [-0.2, -0.15) is 0 Å². The van der Waals surface area contributed by atoms with Crippen LogP contribution in [0.3, 0.4) is 0 Å². The van der Waals surface area contributed by atoms with Gasteiger partial charge in [-0.25, -0.2) is 4.79 Å². The number of carboxylic acids is 1. The zero-order chi connectivity index (χ0) is 14.8. The summed E-state index contributed by atoms with van der Waals surface area (Å²) in [6.07, 6.45) is 0. The number of benzene rings is 2. The topological polar surface area (TPSA) is 62.3 Å². The Hall–Kier alpha value is -2.75. The fourth-order valence-electron chi connectivity index (χ4n) is 2.34. The molecule has 0 amide bonds. The van der Waals surface area contributed by atoms with E-state index in [-0.39, 0.29) is 0 Å². The third-order valence-electron chi connectivity index (χ3n) is 3.33. The van der Waals surface area contributed by atoms with Gasteiger partial charge in [0, 0.05) is 10.9 Å². The summed E-state index contributed by atoms with van der Waals surface area (Å²) in [6.45, 7) is 2.38. The largest absolute Gasteiger partial charge is 0.487 e. The number of hydrogen-bond donors (Lipinski definition) is 2. The van der Waals surface area contributed by atoms with E-state index in [2.05, 4.69) is 4.98 Å². The number of aromatic amines is 1. The lowest BCUT2D eigenvalue weighted by Gasteiger charge is -2.05. The molecule has 2 N–H and O–H groups in total. The van der Waals surface area contributed by atoms with Crippen LogP contribution in [0, 0.1) is 6.92 Å². The molecule has 1 heterocycles. The van der Waals surface area contributed by atoms with Gasteiger partial charge in [0.15, 0.2) is 0 Å². The van der Waals surface area contributed by atoms with Gasteiger partial charge >= 0.3 is 5.97 Å². The highest BCUT2D eigenvalue weighted by Gasteiger charge is 2.10. The molecule has 0 aliphatic rings. The highest BCUT2D eigenvalue weighted by Crippen LogP contribution is 2.21. The van der Waals surface area contributed by atoms with Crippen molar-refractivity contribution in [3.8, 4) is 5.75 Å². The van der Waals surface area contributed by atoms with Crippen molar-refractivity contribution in [3.05, 3.63) is 65.4 Å². The van der Waals surface area contributed by atoms with Crippen molar-refractivity contribution in [3.63, 3.8) is 0 Å². The Morgan fingerprint density at radius 3 is 2.76 bits per heavy atom. The van der Waals surface area contributed by atoms with Crippen molar-refractivity contribution in [2.45, 2.75) is 13.5 Å². The zero-order valence-corrected chi connectivity index (χ0v) is 11.6. The van der Waals surface area contributed by atoms with Gasteiger partial charge in [0.05, 0.1) is 11.3 Å². The SMILES string of the molecule is Cc1cccc(OCc2cc3c(C(=O)O)cccc3[nH]2)c1. The number of aryl methyl sites for hydroxylation is 1. The zero-order valence-electron chi connectivity index (χ0n) is 11.6. The van der Waals surface area contributed by atoms with Crippen LogP contribution in [0.5, 0.6) is 5.75 Å². The second kappa shape index (κ2) is 5.32. The van der Waals surface area contributed by atoms with Gasteiger partial charge in [0.1, 0.15) is 12.4 Å². The molecule has 0 unspecified atom stereocenters. The number of fused-ring (bicyclic) bond motifs is 1. The molecule has 0 saturated carbocycles. The van der Waals surface area contributed by atoms with E-state index in [1.165, 1.54) is 0 Å². The molecule has 2 aromatic carbocycles. The van der Waals surface area contributed by atoms with Crippen molar-refractivity contribution < 1.29 is 14.6 Å². The lowest BCUT2D eigenvalue weighted by atomic mass is 10.1. The van der Waals surface area contributed by atoms with E-state index in [4.69, 9.17) is 4.74 Å². The Morgan fingerprint density at radius 1 is 1.19 bits per heavy atom. The van der Waals surface area contributed by atoms with Crippen LogP contribution in [-0.2, 0) is 6.61 Å². The summed E-state index contributed by atoms with van der Waals surface area (Å²) < 4.78 is 5.72. The quantitative estimate of drug-likeness (QED) is 0.765. The number of carbonyl (C=O) groups is 1. The number of hydrogen-bond acceptors (Lipinski definition) is 2. The Balaban J connectivity index is 1.85. The standard InChI is InChI=1S/C17H15NO3/c1-11-4-2-5-13(8-11)21-10-12-9-15-14(17(19)20)6-3-7-16(15)18-12/h2-9,18H,10H2,1H3,(H,19,20). The predicted molar refractivity (Wildman–Crippen MR) is 80.8 cm³/mol. The van der Waals surface area contributed by atoms with Crippen LogP contribution in [0.1, 0.15) is 21.6 Å². The molecule has 106 valence electrons. The summed E-state index contributed by atoms with van der Waals surface area (Å²) in [4.78, 5) is 14.4. The minimum absolute atomic E-state index is 0.297.